The Bertz CT molecular complexity index is 1850. The number of rotatable bonds is 53. The van der Waals surface area contributed by atoms with Crippen LogP contribution in [-0.2, 0) is 18.9 Å². The van der Waals surface area contributed by atoms with Crippen LogP contribution in [0.4, 0.5) is 0 Å². The highest BCUT2D eigenvalue weighted by atomic mass is 16.5. The normalized spacial score (nSPS) is 11.6. The van der Waals surface area contributed by atoms with Crippen molar-refractivity contribution in [2.75, 3.05) is 26.4 Å². The molecule has 0 unspecified atom stereocenters. The average molecular weight is 1120 g/mol. The molecule has 0 fully saturated rings. The third-order valence-corrected chi connectivity index (χ3v) is 15.9. The van der Waals surface area contributed by atoms with Gasteiger partial charge in [0.1, 0.15) is 0 Å². The first-order valence-electron chi connectivity index (χ1n) is 33.8. The fraction of sp³-hybridized carbons (Fsp3) is 0.778. The van der Waals surface area contributed by atoms with E-state index in [1.165, 1.54) is 154 Å². The Kier molecular flexibility index (Phi) is 44.2. The van der Waals surface area contributed by atoms with Crippen LogP contribution in [0.1, 0.15) is 354 Å². The lowest BCUT2D eigenvalue weighted by Gasteiger charge is -2.20. The molecule has 0 N–H and O–H groups in total. The van der Waals surface area contributed by atoms with Crippen molar-refractivity contribution in [1.29, 1.82) is 0 Å². The van der Waals surface area contributed by atoms with Gasteiger partial charge in [-0.05, 0) is 66.5 Å². The summed E-state index contributed by atoms with van der Waals surface area (Å²) >= 11 is 0. The van der Waals surface area contributed by atoms with E-state index in [0.717, 1.165) is 101 Å². The van der Waals surface area contributed by atoms with Gasteiger partial charge in [0.2, 0.25) is 0 Å². The van der Waals surface area contributed by atoms with Crippen LogP contribution in [0.2, 0.25) is 0 Å². The van der Waals surface area contributed by atoms with Gasteiger partial charge >= 0.3 is 23.9 Å². The van der Waals surface area contributed by atoms with Crippen LogP contribution in [0.15, 0.2) is 36.4 Å². The summed E-state index contributed by atoms with van der Waals surface area (Å²) in [6.45, 7) is 18.9. The summed E-state index contributed by atoms with van der Waals surface area (Å²) in [6, 6.07) is 10.8. The van der Waals surface area contributed by atoms with Gasteiger partial charge in [-0.25, -0.2) is 19.2 Å². The minimum atomic E-state index is -0.842. The molecule has 0 aromatic heterocycles. The standard InChI is InChI=1S/C72H122O8/c1-59(2)48-38-29-21-13-9-17-25-33-44-54-77-69(73)65-58-64(63-52-42-37-43-53-63)66(70(74)78-55-45-34-26-18-10-14-22-30-39-49-60(3)4)68(72(76)80-57-47-36-28-20-12-16-24-32-41-51-62(7)8)67(65)71(75)79-56-46-35-27-19-11-15-23-31-40-50-61(5)6/h37,42-43,52-53,58-62H,9-36,38-41,44-51,54-57H2,1-8H3. The minimum Gasteiger partial charge on any atom is -0.462 e. The monoisotopic (exact) mass is 1110 g/mol. The summed E-state index contributed by atoms with van der Waals surface area (Å²) < 4.78 is 24.1. The van der Waals surface area contributed by atoms with Gasteiger partial charge in [0.15, 0.2) is 0 Å². The highest BCUT2D eigenvalue weighted by Crippen LogP contribution is 2.35. The summed E-state index contributed by atoms with van der Waals surface area (Å²) in [5.74, 6) is -0.0918. The first-order chi connectivity index (χ1) is 38.8. The van der Waals surface area contributed by atoms with Crippen LogP contribution in [0.3, 0.4) is 0 Å². The lowest BCUT2D eigenvalue weighted by atomic mass is 9.88. The van der Waals surface area contributed by atoms with E-state index in [2.05, 4.69) is 55.4 Å². The molecule has 0 amide bonds. The van der Waals surface area contributed by atoms with Crippen LogP contribution in [0.5, 0.6) is 0 Å². The fourth-order valence-corrected chi connectivity index (χ4v) is 10.8. The predicted molar refractivity (Wildman–Crippen MR) is 337 cm³/mol. The van der Waals surface area contributed by atoms with Crippen molar-refractivity contribution < 1.29 is 38.1 Å². The van der Waals surface area contributed by atoms with E-state index in [-0.39, 0.29) is 48.7 Å². The average Bonchev–Trinajstić information content (AvgIpc) is 3.43. The molecular formula is C72H122O8. The molecule has 0 aliphatic carbocycles. The second kappa shape index (κ2) is 48.8. The fourth-order valence-electron chi connectivity index (χ4n) is 10.8. The summed E-state index contributed by atoms with van der Waals surface area (Å²) in [4.78, 5) is 58.7. The van der Waals surface area contributed by atoms with Crippen LogP contribution < -0.4 is 0 Å². The minimum absolute atomic E-state index is 0.0836. The van der Waals surface area contributed by atoms with E-state index in [0.29, 0.717) is 36.8 Å². The van der Waals surface area contributed by atoms with Gasteiger partial charge in [0.05, 0.1) is 48.7 Å². The summed E-state index contributed by atoms with van der Waals surface area (Å²) in [7, 11) is 0. The molecule has 458 valence electrons. The summed E-state index contributed by atoms with van der Waals surface area (Å²) in [6.07, 6.45) is 45.5. The molecule has 8 heteroatoms. The van der Waals surface area contributed by atoms with Gasteiger partial charge in [-0.3, -0.25) is 0 Å². The van der Waals surface area contributed by atoms with Gasteiger partial charge in [0.25, 0.3) is 0 Å². The van der Waals surface area contributed by atoms with E-state index in [1.807, 2.05) is 30.3 Å². The van der Waals surface area contributed by atoms with E-state index < -0.39 is 23.9 Å². The summed E-state index contributed by atoms with van der Waals surface area (Å²) in [5, 5.41) is 0. The first-order valence-corrected chi connectivity index (χ1v) is 33.8. The van der Waals surface area contributed by atoms with Gasteiger partial charge in [-0.15, -0.1) is 0 Å². The Labute approximate surface area is 491 Å². The van der Waals surface area contributed by atoms with E-state index >= 15 is 0 Å². The quantitative estimate of drug-likeness (QED) is 0.0366. The maximum atomic E-state index is 14.8. The molecule has 0 aliphatic heterocycles. The van der Waals surface area contributed by atoms with Crippen molar-refractivity contribution >= 4 is 23.9 Å². The maximum absolute atomic E-state index is 14.8. The topological polar surface area (TPSA) is 105 Å². The molecule has 2 aromatic rings. The third-order valence-electron chi connectivity index (χ3n) is 15.9. The van der Waals surface area contributed by atoms with Gasteiger partial charge in [-0.1, -0.05) is 317 Å². The lowest BCUT2D eigenvalue weighted by molar-refractivity contribution is 0.0415. The number of unbranched alkanes of at least 4 members (excludes halogenated alkanes) is 32. The Morgan fingerprint density at radius 2 is 0.525 bits per heavy atom. The Morgan fingerprint density at radius 3 is 0.812 bits per heavy atom. The Hall–Kier alpha value is -3.68. The van der Waals surface area contributed by atoms with Crippen LogP contribution in [0, 0.1) is 23.7 Å². The van der Waals surface area contributed by atoms with E-state index in [4.69, 9.17) is 18.9 Å². The maximum Gasteiger partial charge on any atom is 0.339 e. The molecule has 0 heterocycles. The second-order valence-corrected chi connectivity index (χ2v) is 25.5. The smallest absolute Gasteiger partial charge is 0.339 e. The number of hydrogen-bond donors (Lipinski definition) is 0. The van der Waals surface area contributed by atoms with Crippen molar-refractivity contribution in [2.24, 2.45) is 23.7 Å². The third kappa shape index (κ3) is 36.7. The number of carbonyl (C=O) groups is 4. The van der Waals surface area contributed by atoms with Gasteiger partial charge < -0.3 is 18.9 Å². The van der Waals surface area contributed by atoms with Crippen LogP contribution in [0.25, 0.3) is 11.1 Å². The Balaban J connectivity index is 2.37. The zero-order valence-corrected chi connectivity index (χ0v) is 53.2. The second-order valence-electron chi connectivity index (χ2n) is 25.5. The first kappa shape index (κ1) is 72.4. The van der Waals surface area contributed by atoms with Crippen LogP contribution >= 0.6 is 0 Å². The molecule has 2 aromatic carbocycles. The number of hydrogen-bond acceptors (Lipinski definition) is 8. The number of carbonyl (C=O) groups excluding carboxylic acids is 4. The zero-order valence-electron chi connectivity index (χ0n) is 53.2. The van der Waals surface area contributed by atoms with Crippen molar-refractivity contribution in [3.8, 4) is 11.1 Å². The highest BCUT2D eigenvalue weighted by Gasteiger charge is 2.36. The largest absolute Gasteiger partial charge is 0.462 e. The SMILES string of the molecule is CC(C)CCCCCCCCCCCOC(=O)c1cc(-c2ccccc2)c(C(=O)OCCCCCCCCCCCC(C)C)c(C(=O)OCCCCCCCCCCCC(C)C)c1C(=O)OCCCCCCCCCCCC(C)C. The molecule has 0 radical (unpaired) electrons. The molecule has 0 spiro atoms. The zero-order chi connectivity index (χ0) is 58.3. The molecule has 0 bridgehead atoms. The lowest BCUT2D eigenvalue weighted by Crippen LogP contribution is -2.25. The van der Waals surface area contributed by atoms with E-state index in [1.54, 1.807) is 6.07 Å². The number of esters is 4. The van der Waals surface area contributed by atoms with Crippen molar-refractivity contribution in [2.45, 2.75) is 312 Å². The van der Waals surface area contributed by atoms with Crippen molar-refractivity contribution in [3.63, 3.8) is 0 Å². The molecule has 0 atom stereocenters. The predicted octanol–water partition coefficient (Wildman–Crippen LogP) is 22.2. The van der Waals surface area contributed by atoms with Crippen LogP contribution in [-0.4, -0.2) is 50.3 Å². The van der Waals surface area contributed by atoms with Gasteiger partial charge in [-0.2, -0.15) is 0 Å². The molecule has 0 saturated heterocycles. The molecular weight excluding hydrogens is 993 g/mol. The molecule has 8 nitrogen and oxygen atoms in total. The highest BCUT2D eigenvalue weighted by molar-refractivity contribution is 6.18. The summed E-state index contributed by atoms with van der Waals surface area (Å²) in [5.41, 5.74) is 0.161. The Morgan fingerprint density at radius 1 is 0.287 bits per heavy atom. The van der Waals surface area contributed by atoms with Gasteiger partial charge in [0, 0.05) is 0 Å². The number of benzene rings is 2. The molecule has 0 aliphatic rings. The molecule has 2 rings (SSSR count). The number of ether oxygens (including phenoxy) is 4. The van der Waals surface area contributed by atoms with Crippen molar-refractivity contribution in [3.05, 3.63) is 58.7 Å². The van der Waals surface area contributed by atoms with E-state index in [9.17, 15) is 19.2 Å². The molecule has 0 saturated carbocycles. The van der Waals surface area contributed by atoms with Crippen molar-refractivity contribution in [1.82, 2.24) is 0 Å². The molecule has 80 heavy (non-hydrogen) atoms.